The zero-order chi connectivity index (χ0) is 17.7. The molecule has 0 aliphatic carbocycles. The molecule has 0 saturated carbocycles. The molecule has 2 rings (SSSR count). The Morgan fingerprint density at radius 1 is 1.12 bits per heavy atom. The molecule has 0 N–H and O–H groups in total. The van der Waals surface area contributed by atoms with Gasteiger partial charge >= 0.3 is 0 Å². The van der Waals surface area contributed by atoms with Crippen molar-refractivity contribution in [3.8, 4) is 11.5 Å². The van der Waals surface area contributed by atoms with Crippen LogP contribution in [-0.2, 0) is 10.0 Å². The maximum Gasteiger partial charge on any atom is 0.245 e. The predicted molar refractivity (Wildman–Crippen MR) is 89.7 cm³/mol. The molecule has 0 saturated heterocycles. The molecule has 0 amide bonds. The third-order valence-corrected chi connectivity index (χ3v) is 5.44. The summed E-state index contributed by atoms with van der Waals surface area (Å²) in [6.45, 7) is 0.188. The molecule has 2 aromatic carbocycles. The summed E-state index contributed by atoms with van der Waals surface area (Å²) in [7, 11) is -1.03. The van der Waals surface area contributed by atoms with E-state index in [9.17, 15) is 12.8 Å². The molecule has 0 aliphatic heterocycles. The van der Waals surface area contributed by atoms with E-state index in [0.717, 1.165) is 16.4 Å². The Labute approximate surface area is 145 Å². The highest BCUT2D eigenvalue weighted by Crippen LogP contribution is 2.22. The van der Waals surface area contributed by atoms with Crippen LogP contribution in [0.4, 0.5) is 4.39 Å². The maximum atomic E-state index is 13.8. The first kappa shape index (κ1) is 18.5. The van der Waals surface area contributed by atoms with Gasteiger partial charge in [0.05, 0.1) is 7.11 Å². The van der Waals surface area contributed by atoms with Crippen LogP contribution >= 0.6 is 11.6 Å². The average molecular weight is 374 g/mol. The quantitative estimate of drug-likeness (QED) is 0.748. The topological polar surface area (TPSA) is 55.8 Å². The molecule has 2 aromatic rings. The van der Waals surface area contributed by atoms with Crippen LogP contribution in [0, 0.1) is 5.82 Å². The molecule has 5 nitrogen and oxygen atoms in total. The van der Waals surface area contributed by atoms with E-state index in [1.165, 1.54) is 13.1 Å². The van der Waals surface area contributed by atoms with E-state index in [2.05, 4.69) is 0 Å². The Kier molecular flexibility index (Phi) is 6.04. The molecule has 0 unspecified atom stereocenters. The summed E-state index contributed by atoms with van der Waals surface area (Å²) in [4.78, 5) is -0.418. The Bertz CT molecular complexity index is 796. The number of hydrogen-bond donors (Lipinski definition) is 0. The summed E-state index contributed by atoms with van der Waals surface area (Å²) in [5.41, 5.74) is 0. The van der Waals surface area contributed by atoms with Crippen molar-refractivity contribution in [3.05, 3.63) is 53.3 Å². The lowest BCUT2D eigenvalue weighted by molar-refractivity contribution is 0.286. The van der Waals surface area contributed by atoms with Crippen molar-refractivity contribution in [1.29, 1.82) is 0 Å². The third kappa shape index (κ3) is 4.37. The fraction of sp³-hybridized carbons (Fsp3) is 0.250. The van der Waals surface area contributed by atoms with Gasteiger partial charge < -0.3 is 9.47 Å². The monoisotopic (exact) mass is 373 g/mol. The molecule has 0 bridgehead atoms. The second-order valence-electron chi connectivity index (χ2n) is 4.93. The third-order valence-electron chi connectivity index (χ3n) is 3.32. The second-order valence-corrected chi connectivity index (χ2v) is 7.38. The predicted octanol–water partition coefficient (Wildman–Crippen LogP) is 3.19. The summed E-state index contributed by atoms with van der Waals surface area (Å²) in [5.74, 6) is 0.393. The molecule has 0 radical (unpaired) electrons. The van der Waals surface area contributed by atoms with Gasteiger partial charge in [0.25, 0.3) is 0 Å². The van der Waals surface area contributed by atoms with Crippen molar-refractivity contribution in [2.75, 3.05) is 27.3 Å². The molecular formula is C16H17ClFNO4S. The van der Waals surface area contributed by atoms with Crippen molar-refractivity contribution in [3.63, 3.8) is 0 Å². The normalized spacial score (nSPS) is 11.5. The van der Waals surface area contributed by atoms with Gasteiger partial charge in [0, 0.05) is 18.6 Å². The van der Waals surface area contributed by atoms with Crippen LogP contribution in [0.3, 0.4) is 0 Å². The van der Waals surface area contributed by atoms with Gasteiger partial charge in [0.2, 0.25) is 10.0 Å². The van der Waals surface area contributed by atoms with Gasteiger partial charge in [0.1, 0.15) is 28.8 Å². The number of benzene rings is 2. The number of nitrogens with zero attached hydrogens (tertiary/aromatic N) is 1. The lowest BCUT2D eigenvalue weighted by Crippen LogP contribution is -2.31. The number of rotatable bonds is 7. The molecule has 24 heavy (non-hydrogen) atoms. The van der Waals surface area contributed by atoms with Crippen molar-refractivity contribution in [1.82, 2.24) is 4.31 Å². The van der Waals surface area contributed by atoms with Gasteiger partial charge in [-0.2, -0.15) is 4.31 Å². The van der Waals surface area contributed by atoms with E-state index in [1.807, 2.05) is 0 Å². The van der Waals surface area contributed by atoms with Crippen molar-refractivity contribution < 1.29 is 22.3 Å². The second kappa shape index (κ2) is 7.83. The van der Waals surface area contributed by atoms with Gasteiger partial charge in [-0.3, -0.25) is 0 Å². The number of sulfonamides is 1. The van der Waals surface area contributed by atoms with Crippen LogP contribution in [0.1, 0.15) is 0 Å². The molecule has 0 spiro atoms. The fourth-order valence-corrected chi connectivity index (χ4v) is 3.29. The number of halogens is 2. The van der Waals surface area contributed by atoms with Gasteiger partial charge in [-0.15, -0.1) is 0 Å². The van der Waals surface area contributed by atoms with Crippen LogP contribution in [0.15, 0.2) is 47.4 Å². The Morgan fingerprint density at radius 2 is 1.75 bits per heavy atom. The highest BCUT2D eigenvalue weighted by Gasteiger charge is 2.24. The average Bonchev–Trinajstić information content (AvgIpc) is 2.55. The van der Waals surface area contributed by atoms with Crippen molar-refractivity contribution >= 4 is 21.6 Å². The van der Waals surface area contributed by atoms with E-state index >= 15 is 0 Å². The highest BCUT2D eigenvalue weighted by molar-refractivity contribution is 7.89. The van der Waals surface area contributed by atoms with Crippen LogP contribution < -0.4 is 9.47 Å². The molecule has 130 valence electrons. The summed E-state index contributed by atoms with van der Waals surface area (Å²) in [5, 5.41) is 0.136. The summed E-state index contributed by atoms with van der Waals surface area (Å²) < 4.78 is 50.1. The van der Waals surface area contributed by atoms with Crippen molar-refractivity contribution in [2.45, 2.75) is 4.90 Å². The van der Waals surface area contributed by atoms with E-state index in [0.29, 0.717) is 11.5 Å². The molecule has 0 atom stereocenters. The number of likely N-dealkylation sites (N-methyl/N-ethyl adjacent to an activating group) is 1. The lowest BCUT2D eigenvalue weighted by atomic mass is 10.3. The van der Waals surface area contributed by atoms with Crippen LogP contribution in [0.2, 0.25) is 5.02 Å². The molecular weight excluding hydrogens is 357 g/mol. The van der Waals surface area contributed by atoms with Crippen LogP contribution in [0.5, 0.6) is 11.5 Å². The smallest absolute Gasteiger partial charge is 0.245 e. The first-order chi connectivity index (χ1) is 11.3. The Hall–Kier alpha value is -1.83. The van der Waals surface area contributed by atoms with E-state index in [-0.39, 0.29) is 18.2 Å². The number of hydrogen-bond acceptors (Lipinski definition) is 4. The minimum Gasteiger partial charge on any atom is -0.497 e. The molecule has 0 aromatic heterocycles. The number of ether oxygens (including phenoxy) is 2. The molecule has 0 heterocycles. The summed E-state index contributed by atoms with van der Waals surface area (Å²) >= 11 is 5.64. The fourth-order valence-electron chi connectivity index (χ4n) is 1.94. The Balaban J connectivity index is 1.98. The molecule has 0 aliphatic rings. The minimum atomic E-state index is -3.95. The van der Waals surface area contributed by atoms with Gasteiger partial charge in [-0.1, -0.05) is 11.6 Å². The van der Waals surface area contributed by atoms with Gasteiger partial charge in [-0.25, -0.2) is 12.8 Å². The minimum absolute atomic E-state index is 0.0659. The first-order valence-electron chi connectivity index (χ1n) is 7.03. The van der Waals surface area contributed by atoms with Crippen molar-refractivity contribution in [2.24, 2.45) is 0 Å². The molecule has 0 fully saturated rings. The SMILES string of the molecule is COc1ccc(OCCN(C)S(=O)(=O)c2ccc(Cl)cc2F)cc1. The Morgan fingerprint density at radius 3 is 2.33 bits per heavy atom. The maximum absolute atomic E-state index is 13.8. The van der Waals surface area contributed by atoms with Crippen LogP contribution in [0.25, 0.3) is 0 Å². The zero-order valence-electron chi connectivity index (χ0n) is 13.2. The highest BCUT2D eigenvalue weighted by atomic mass is 35.5. The lowest BCUT2D eigenvalue weighted by Gasteiger charge is -2.18. The van der Waals surface area contributed by atoms with E-state index in [4.69, 9.17) is 21.1 Å². The largest absolute Gasteiger partial charge is 0.497 e. The summed E-state index contributed by atoms with van der Waals surface area (Å²) in [6, 6.07) is 10.3. The van der Waals surface area contributed by atoms with E-state index < -0.39 is 20.7 Å². The van der Waals surface area contributed by atoms with Gasteiger partial charge in [0.15, 0.2) is 0 Å². The molecule has 8 heteroatoms. The van der Waals surface area contributed by atoms with Crippen LogP contribution in [-0.4, -0.2) is 40.0 Å². The van der Waals surface area contributed by atoms with Gasteiger partial charge in [-0.05, 0) is 42.5 Å². The number of methoxy groups -OCH3 is 1. The first-order valence-corrected chi connectivity index (χ1v) is 8.84. The van der Waals surface area contributed by atoms with E-state index in [1.54, 1.807) is 31.4 Å². The zero-order valence-corrected chi connectivity index (χ0v) is 14.8. The summed E-state index contributed by atoms with van der Waals surface area (Å²) in [6.07, 6.45) is 0. The standard InChI is InChI=1S/C16H17ClFNO4S/c1-19(9-10-23-14-6-4-13(22-2)5-7-14)24(20,21)16-8-3-12(17)11-15(16)18/h3-8,11H,9-10H2,1-2H3.